The second kappa shape index (κ2) is 3.61. The molecule has 0 aliphatic heterocycles. The molecule has 1 aromatic heterocycles. The lowest BCUT2D eigenvalue weighted by atomic mass is 10.1. The molecule has 4 heteroatoms. The molecule has 72 valence electrons. The average Bonchev–Trinajstić information content (AvgIpc) is 2.50. The molecule has 1 heterocycles. The fourth-order valence-electron chi connectivity index (χ4n) is 1.23. The first-order valence-electron chi connectivity index (χ1n) is 4.16. The van der Waals surface area contributed by atoms with Gasteiger partial charge in [0.2, 0.25) is 5.88 Å². The van der Waals surface area contributed by atoms with Gasteiger partial charge in [0.25, 0.3) is 0 Å². The largest absolute Gasteiger partial charge is 0.367 e. The Morgan fingerprint density at radius 2 is 1.93 bits per heavy atom. The molecule has 0 bridgehead atoms. The second-order valence-corrected chi connectivity index (χ2v) is 4.27. The van der Waals surface area contributed by atoms with Crippen LogP contribution < -0.4 is 5.73 Å². The van der Waals surface area contributed by atoms with E-state index in [0.717, 1.165) is 16.8 Å². The first-order chi connectivity index (χ1) is 6.68. The minimum Gasteiger partial charge on any atom is -0.367 e. The number of nitrogens with zero attached hydrogens (tertiary/aromatic N) is 1. The first kappa shape index (κ1) is 9.51. The van der Waals surface area contributed by atoms with Crippen molar-refractivity contribution in [3.63, 3.8) is 0 Å². The zero-order chi connectivity index (χ0) is 10.1. The molecule has 2 rings (SSSR count). The minimum atomic E-state index is 0.388. The summed E-state index contributed by atoms with van der Waals surface area (Å²) >= 11 is 2.26. The number of rotatable bonds is 1. The monoisotopic (exact) mass is 300 g/mol. The predicted octanol–water partition coefficient (Wildman–Crippen LogP) is 2.84. The van der Waals surface area contributed by atoms with Crippen LogP contribution in [0.15, 0.2) is 28.8 Å². The zero-order valence-corrected chi connectivity index (χ0v) is 9.78. The van der Waals surface area contributed by atoms with Crippen LogP contribution in [0.4, 0.5) is 5.88 Å². The van der Waals surface area contributed by atoms with Crippen molar-refractivity contribution >= 4 is 28.5 Å². The number of nitrogen functional groups attached to an aromatic ring is 1. The van der Waals surface area contributed by atoms with Gasteiger partial charge in [-0.15, -0.1) is 0 Å². The molecule has 2 N–H and O–H groups in total. The Labute approximate surface area is 95.4 Å². The van der Waals surface area contributed by atoms with Gasteiger partial charge < -0.3 is 10.3 Å². The standard InChI is InChI=1S/C10H9IN2O/c1-6-9(13-14-10(6)12)7-2-4-8(11)5-3-7/h2-5H,12H2,1H3. The average molecular weight is 300 g/mol. The number of benzene rings is 1. The van der Waals surface area contributed by atoms with Crippen LogP contribution >= 0.6 is 22.6 Å². The summed E-state index contributed by atoms with van der Waals surface area (Å²) in [6.45, 7) is 1.90. The van der Waals surface area contributed by atoms with Gasteiger partial charge in [-0.2, -0.15) is 0 Å². The van der Waals surface area contributed by atoms with Gasteiger partial charge in [0, 0.05) is 14.7 Å². The third-order valence-electron chi connectivity index (χ3n) is 2.08. The molecule has 0 saturated heterocycles. The molecule has 0 amide bonds. The van der Waals surface area contributed by atoms with Gasteiger partial charge in [-0.3, -0.25) is 0 Å². The van der Waals surface area contributed by atoms with Crippen LogP contribution in [0.25, 0.3) is 11.3 Å². The van der Waals surface area contributed by atoms with Crippen molar-refractivity contribution in [3.8, 4) is 11.3 Å². The molecule has 0 radical (unpaired) electrons. The lowest BCUT2D eigenvalue weighted by Crippen LogP contribution is -1.85. The fraction of sp³-hybridized carbons (Fsp3) is 0.100. The summed E-state index contributed by atoms with van der Waals surface area (Å²) in [5.74, 6) is 0.388. The van der Waals surface area contributed by atoms with E-state index in [2.05, 4.69) is 27.7 Å². The molecule has 0 unspecified atom stereocenters. The number of aromatic nitrogens is 1. The highest BCUT2D eigenvalue weighted by atomic mass is 127. The molecule has 14 heavy (non-hydrogen) atoms. The molecular weight excluding hydrogens is 291 g/mol. The first-order valence-corrected chi connectivity index (χ1v) is 5.24. The smallest absolute Gasteiger partial charge is 0.225 e. The summed E-state index contributed by atoms with van der Waals surface area (Å²) in [7, 11) is 0. The van der Waals surface area contributed by atoms with Crippen molar-refractivity contribution in [1.82, 2.24) is 5.16 Å². The van der Waals surface area contributed by atoms with E-state index in [-0.39, 0.29) is 0 Å². The molecule has 0 aliphatic rings. The molecule has 0 atom stereocenters. The van der Waals surface area contributed by atoms with E-state index >= 15 is 0 Å². The van der Waals surface area contributed by atoms with Gasteiger partial charge >= 0.3 is 0 Å². The molecule has 0 fully saturated rings. The molecule has 3 nitrogen and oxygen atoms in total. The van der Waals surface area contributed by atoms with Gasteiger partial charge in [0.1, 0.15) is 5.69 Å². The third-order valence-corrected chi connectivity index (χ3v) is 2.80. The van der Waals surface area contributed by atoms with Crippen molar-refractivity contribution in [2.75, 3.05) is 5.73 Å². The third kappa shape index (κ3) is 1.61. The minimum absolute atomic E-state index is 0.388. The Morgan fingerprint density at radius 1 is 1.29 bits per heavy atom. The highest BCUT2D eigenvalue weighted by Crippen LogP contribution is 2.26. The molecule has 0 saturated carbocycles. The number of halogens is 1. The summed E-state index contributed by atoms with van der Waals surface area (Å²) < 4.78 is 6.10. The van der Waals surface area contributed by atoms with Crippen LogP contribution in [0, 0.1) is 10.5 Å². The van der Waals surface area contributed by atoms with E-state index in [1.807, 2.05) is 31.2 Å². The number of hydrogen-bond donors (Lipinski definition) is 1. The van der Waals surface area contributed by atoms with Crippen molar-refractivity contribution in [2.24, 2.45) is 0 Å². The van der Waals surface area contributed by atoms with Crippen molar-refractivity contribution < 1.29 is 4.52 Å². The van der Waals surface area contributed by atoms with Crippen LogP contribution in [0.5, 0.6) is 0 Å². The van der Waals surface area contributed by atoms with Gasteiger partial charge in [-0.1, -0.05) is 17.3 Å². The van der Waals surface area contributed by atoms with Crippen LogP contribution in [-0.2, 0) is 0 Å². The van der Waals surface area contributed by atoms with Crippen LogP contribution in [0.3, 0.4) is 0 Å². The van der Waals surface area contributed by atoms with Crippen molar-refractivity contribution in [3.05, 3.63) is 33.4 Å². The van der Waals surface area contributed by atoms with Gasteiger partial charge in [0.05, 0.1) is 0 Å². The zero-order valence-electron chi connectivity index (χ0n) is 7.62. The Morgan fingerprint density at radius 3 is 2.43 bits per heavy atom. The quantitative estimate of drug-likeness (QED) is 0.824. The maximum absolute atomic E-state index is 5.58. The van der Waals surface area contributed by atoms with Crippen LogP contribution in [-0.4, -0.2) is 5.16 Å². The maximum Gasteiger partial charge on any atom is 0.225 e. The highest BCUT2D eigenvalue weighted by Gasteiger charge is 2.10. The van der Waals surface area contributed by atoms with Gasteiger partial charge in [-0.25, -0.2) is 0 Å². The summed E-state index contributed by atoms with van der Waals surface area (Å²) in [6.07, 6.45) is 0. The summed E-state index contributed by atoms with van der Waals surface area (Å²) in [5.41, 5.74) is 8.32. The number of anilines is 1. The Bertz CT molecular complexity index is 448. The summed E-state index contributed by atoms with van der Waals surface area (Å²) in [6, 6.07) is 8.07. The topological polar surface area (TPSA) is 52.0 Å². The molecule has 0 aliphatic carbocycles. The molecule has 2 aromatic rings. The lowest BCUT2D eigenvalue weighted by molar-refractivity contribution is 0.439. The van der Waals surface area contributed by atoms with E-state index < -0.39 is 0 Å². The van der Waals surface area contributed by atoms with E-state index in [1.165, 1.54) is 3.57 Å². The highest BCUT2D eigenvalue weighted by molar-refractivity contribution is 14.1. The van der Waals surface area contributed by atoms with Crippen LogP contribution in [0.1, 0.15) is 5.56 Å². The Kier molecular flexibility index (Phi) is 2.45. The molecule has 1 aromatic carbocycles. The molecular formula is C10H9IN2O. The van der Waals surface area contributed by atoms with Gasteiger partial charge in [0.15, 0.2) is 0 Å². The Balaban J connectivity index is 2.49. The van der Waals surface area contributed by atoms with Crippen LogP contribution in [0.2, 0.25) is 0 Å². The van der Waals surface area contributed by atoms with Gasteiger partial charge in [-0.05, 0) is 41.6 Å². The maximum atomic E-state index is 5.58. The SMILES string of the molecule is Cc1c(-c2ccc(I)cc2)noc1N. The van der Waals surface area contributed by atoms with Crippen molar-refractivity contribution in [1.29, 1.82) is 0 Å². The lowest BCUT2D eigenvalue weighted by Gasteiger charge is -1.97. The van der Waals surface area contributed by atoms with E-state index in [1.54, 1.807) is 0 Å². The normalized spacial score (nSPS) is 10.4. The number of nitrogens with two attached hydrogens (primary N) is 1. The van der Waals surface area contributed by atoms with E-state index in [0.29, 0.717) is 5.88 Å². The number of hydrogen-bond acceptors (Lipinski definition) is 3. The Hall–Kier alpha value is -1.04. The summed E-state index contributed by atoms with van der Waals surface area (Å²) in [4.78, 5) is 0. The van der Waals surface area contributed by atoms with Crippen molar-refractivity contribution in [2.45, 2.75) is 6.92 Å². The summed E-state index contributed by atoms with van der Waals surface area (Å²) in [5, 5.41) is 3.91. The predicted molar refractivity (Wildman–Crippen MR) is 63.8 cm³/mol. The van der Waals surface area contributed by atoms with E-state index in [4.69, 9.17) is 10.3 Å². The molecule has 0 spiro atoms. The van der Waals surface area contributed by atoms with E-state index in [9.17, 15) is 0 Å². The second-order valence-electron chi connectivity index (χ2n) is 3.03. The fourth-order valence-corrected chi connectivity index (χ4v) is 1.58.